The van der Waals surface area contributed by atoms with Crippen LogP contribution in [0.4, 0.5) is 21.6 Å². The maximum Gasteiger partial charge on any atom is 0.151 e. The fourth-order valence-corrected chi connectivity index (χ4v) is 4.51. The van der Waals surface area contributed by atoms with Crippen LogP contribution in [0, 0.1) is 11.3 Å². The molecule has 0 aliphatic carbocycles. The van der Waals surface area contributed by atoms with Gasteiger partial charge in [0.15, 0.2) is 5.15 Å². The van der Waals surface area contributed by atoms with Gasteiger partial charge in [0.25, 0.3) is 0 Å². The van der Waals surface area contributed by atoms with Crippen LogP contribution < -0.4 is 10.6 Å². The number of pyridine rings is 1. The number of piperidine rings is 1. The third kappa shape index (κ3) is 3.48. The second kappa shape index (κ2) is 8.00. The number of likely N-dealkylation sites (tertiary alicyclic amines) is 1. The fraction of sp³-hybridized carbons (Fsp3) is 0.450. The van der Waals surface area contributed by atoms with E-state index in [0.29, 0.717) is 60.1 Å². The molecule has 2 fully saturated rings. The molecular weight excluding hydrogens is 423 g/mol. The van der Waals surface area contributed by atoms with Gasteiger partial charge in [0.1, 0.15) is 23.7 Å². The summed E-state index contributed by atoms with van der Waals surface area (Å²) in [6.07, 6.45) is 2.78. The highest BCUT2D eigenvalue weighted by Gasteiger charge is 2.37. The van der Waals surface area contributed by atoms with Crippen molar-refractivity contribution in [1.82, 2.24) is 24.6 Å². The summed E-state index contributed by atoms with van der Waals surface area (Å²) in [7, 11) is 1.78. The molecule has 2 aliphatic heterocycles. The van der Waals surface area contributed by atoms with Crippen molar-refractivity contribution in [2.45, 2.75) is 24.7 Å². The van der Waals surface area contributed by atoms with Gasteiger partial charge < -0.3 is 20.4 Å². The summed E-state index contributed by atoms with van der Waals surface area (Å²) in [6.45, 7) is 2.50. The highest BCUT2D eigenvalue weighted by atomic mass is 35.5. The van der Waals surface area contributed by atoms with Crippen LogP contribution in [0.2, 0.25) is 5.15 Å². The minimum absolute atomic E-state index is 0.321. The van der Waals surface area contributed by atoms with Crippen LogP contribution in [0.15, 0.2) is 18.5 Å². The lowest BCUT2D eigenvalue weighted by atomic mass is 10.0. The van der Waals surface area contributed by atoms with Gasteiger partial charge in [-0.2, -0.15) is 10.4 Å². The molecule has 5 heterocycles. The second-order valence-electron chi connectivity index (χ2n) is 7.82. The molecule has 31 heavy (non-hydrogen) atoms. The normalized spacial score (nSPS) is 22.3. The summed E-state index contributed by atoms with van der Waals surface area (Å²) in [5.74, 6) is 0.529. The van der Waals surface area contributed by atoms with E-state index in [2.05, 4.69) is 36.7 Å². The Bertz CT molecular complexity index is 1150. The van der Waals surface area contributed by atoms with Gasteiger partial charge in [0.05, 0.1) is 48.1 Å². The lowest BCUT2D eigenvalue weighted by Crippen LogP contribution is -2.55. The lowest BCUT2D eigenvalue weighted by molar-refractivity contribution is -0.0847. The summed E-state index contributed by atoms with van der Waals surface area (Å²) in [5.41, 5.74) is 2.39. The van der Waals surface area contributed by atoms with E-state index in [1.54, 1.807) is 30.2 Å². The first-order chi connectivity index (χ1) is 15.1. The molecule has 5 rings (SSSR count). The van der Waals surface area contributed by atoms with E-state index in [1.165, 1.54) is 0 Å². The molecule has 0 bridgehead atoms. The van der Waals surface area contributed by atoms with E-state index < -0.39 is 12.2 Å². The molecule has 0 aromatic carbocycles. The van der Waals surface area contributed by atoms with Crippen molar-refractivity contribution in [1.29, 1.82) is 5.26 Å². The Balaban J connectivity index is 1.37. The predicted octanol–water partition coefficient (Wildman–Crippen LogP) is 3.05. The molecule has 9 nitrogen and oxygen atoms in total. The summed E-state index contributed by atoms with van der Waals surface area (Å²) < 4.78 is 21.7. The first-order valence-corrected chi connectivity index (χ1v) is 10.5. The quantitative estimate of drug-likeness (QED) is 0.555. The van der Waals surface area contributed by atoms with E-state index in [0.717, 1.165) is 17.6 Å². The van der Waals surface area contributed by atoms with Crippen LogP contribution in [0.1, 0.15) is 18.0 Å². The van der Waals surface area contributed by atoms with Crippen LogP contribution in [-0.4, -0.2) is 70.2 Å². The third-order valence-electron chi connectivity index (χ3n) is 6.02. The molecule has 1 unspecified atom stereocenters. The molecule has 11 heteroatoms. The molecule has 3 aromatic rings. The zero-order valence-corrected chi connectivity index (χ0v) is 17.7. The van der Waals surface area contributed by atoms with Gasteiger partial charge in [-0.1, -0.05) is 11.6 Å². The molecular formula is C20H22ClFN8O. The molecule has 2 aliphatic rings. The van der Waals surface area contributed by atoms with Crippen molar-refractivity contribution in [3.63, 3.8) is 0 Å². The average Bonchev–Trinajstić information content (AvgIpc) is 3.30. The highest BCUT2D eigenvalue weighted by Crippen LogP contribution is 2.35. The van der Waals surface area contributed by atoms with Crippen molar-refractivity contribution in [2.24, 2.45) is 0 Å². The number of ether oxygens (including phenoxy) is 1. The Kier molecular flexibility index (Phi) is 5.17. The number of nitriles is 1. The van der Waals surface area contributed by atoms with E-state index in [4.69, 9.17) is 16.3 Å². The van der Waals surface area contributed by atoms with E-state index in [1.807, 2.05) is 0 Å². The maximum atomic E-state index is 15.0. The maximum absolute atomic E-state index is 15.0. The number of fused-ring (bicyclic) bond motifs is 1. The van der Waals surface area contributed by atoms with Crippen LogP contribution in [0.5, 0.6) is 0 Å². The number of rotatable bonds is 5. The zero-order chi connectivity index (χ0) is 21.5. The van der Waals surface area contributed by atoms with Gasteiger partial charge >= 0.3 is 0 Å². The number of halogens is 2. The Labute approximate surface area is 183 Å². The van der Waals surface area contributed by atoms with Crippen molar-refractivity contribution in [3.05, 3.63) is 29.2 Å². The number of hydrogen-bond donors (Lipinski definition) is 3. The van der Waals surface area contributed by atoms with Crippen LogP contribution in [-0.2, 0) is 4.74 Å². The van der Waals surface area contributed by atoms with Crippen molar-refractivity contribution < 1.29 is 9.13 Å². The number of nitrogens with zero attached hydrogens (tertiary/aromatic N) is 5. The minimum atomic E-state index is -1.06. The van der Waals surface area contributed by atoms with Crippen LogP contribution in [0.25, 0.3) is 11.0 Å². The zero-order valence-electron chi connectivity index (χ0n) is 16.9. The van der Waals surface area contributed by atoms with Crippen LogP contribution >= 0.6 is 11.6 Å². The number of hydrogen-bond acceptors (Lipinski definition) is 7. The number of alkyl halides is 1. The number of aromatic nitrogens is 4. The second-order valence-corrected chi connectivity index (χ2v) is 8.18. The number of nitrogens with one attached hydrogen (secondary N) is 3. The van der Waals surface area contributed by atoms with Crippen molar-refractivity contribution in [3.8, 4) is 6.07 Å². The molecule has 3 N–H and O–H groups in total. The predicted molar refractivity (Wildman–Crippen MR) is 116 cm³/mol. The third-order valence-corrected chi connectivity index (χ3v) is 6.40. The van der Waals surface area contributed by atoms with Gasteiger partial charge in [-0.25, -0.2) is 14.1 Å². The van der Waals surface area contributed by atoms with Gasteiger partial charge in [0.2, 0.25) is 0 Å². The molecule has 0 saturated carbocycles. The molecule has 0 radical (unpaired) electrons. The highest BCUT2D eigenvalue weighted by molar-refractivity contribution is 6.32. The number of aromatic amines is 1. The van der Waals surface area contributed by atoms with E-state index in [9.17, 15) is 9.65 Å². The molecule has 0 spiro atoms. The summed E-state index contributed by atoms with van der Waals surface area (Å²) in [4.78, 5) is 9.68. The monoisotopic (exact) mass is 444 g/mol. The van der Waals surface area contributed by atoms with Gasteiger partial charge in [0, 0.05) is 38.1 Å². The van der Waals surface area contributed by atoms with Crippen molar-refractivity contribution >= 4 is 39.8 Å². The van der Waals surface area contributed by atoms with Crippen LogP contribution in [0.3, 0.4) is 0 Å². The molecule has 2 saturated heterocycles. The summed E-state index contributed by atoms with van der Waals surface area (Å²) >= 11 is 6.57. The van der Waals surface area contributed by atoms with Gasteiger partial charge in [-0.3, -0.25) is 4.90 Å². The molecule has 3 aromatic heterocycles. The minimum Gasteiger partial charge on any atom is -0.387 e. The first kappa shape index (κ1) is 20.1. The topological polar surface area (TPSA) is 107 Å². The number of anilines is 3. The SMILES string of the molecule is CNc1cc(Nc2cnn([C@H]3CCN(C4COC4)CC3F)c2Cl)nc2[nH]cc(C#N)c12. The van der Waals surface area contributed by atoms with E-state index in [-0.39, 0.29) is 0 Å². The first-order valence-electron chi connectivity index (χ1n) is 10.1. The Morgan fingerprint density at radius 3 is 2.90 bits per heavy atom. The number of H-pyrrole nitrogens is 1. The van der Waals surface area contributed by atoms with Crippen molar-refractivity contribution in [2.75, 3.05) is 44.0 Å². The van der Waals surface area contributed by atoms with Gasteiger partial charge in [-0.15, -0.1) is 0 Å². The van der Waals surface area contributed by atoms with Gasteiger partial charge in [-0.05, 0) is 6.42 Å². The average molecular weight is 445 g/mol. The fourth-order valence-electron chi connectivity index (χ4n) is 4.24. The summed E-state index contributed by atoms with van der Waals surface area (Å²) in [5, 5.41) is 21.0. The molecule has 162 valence electrons. The summed E-state index contributed by atoms with van der Waals surface area (Å²) in [6, 6.07) is 3.85. The Morgan fingerprint density at radius 1 is 1.39 bits per heavy atom. The smallest absolute Gasteiger partial charge is 0.151 e. The molecule has 0 amide bonds. The standard InChI is InChI=1S/C20H22ClFN8O/c1-24-14-4-17(28-20-18(14)11(5-23)6-25-20)27-15-7-26-30(19(15)21)16-2-3-29(8-13(16)22)12-9-31-10-12/h4,6-7,12-13,16H,2-3,8-10H2,1H3,(H3,24,25,27,28)/t13?,16-/m0/s1. The largest absolute Gasteiger partial charge is 0.387 e. The lowest BCUT2D eigenvalue weighted by Gasteiger charge is -2.42. The van der Waals surface area contributed by atoms with E-state index >= 15 is 0 Å². The Morgan fingerprint density at radius 2 is 2.23 bits per heavy atom. The Hall–Kier alpha value is -2.87. The molecule has 2 atom stereocenters.